The SMILES string of the molecule is O.O=P([O-])([O-])OP(=O)(O)O.[Ca+2]. The van der Waals surface area contributed by atoms with Gasteiger partial charge in [-0.05, 0) is 0 Å². The number of phosphoric acid groups is 2. The fraction of sp³-hybridized carbons (Fsp3) is 0. The Hall–Kier alpha value is 1.48. The predicted octanol–water partition coefficient (Wildman–Crippen LogP) is -3.28. The van der Waals surface area contributed by atoms with Gasteiger partial charge in [0.15, 0.2) is 0 Å². The van der Waals surface area contributed by atoms with Gasteiger partial charge in [0, 0.05) is 0 Å². The largest absolute Gasteiger partial charge is 2.00 e. The van der Waals surface area contributed by atoms with Gasteiger partial charge in [-0.1, -0.05) is 0 Å². The van der Waals surface area contributed by atoms with Crippen LogP contribution in [0.4, 0.5) is 0 Å². The van der Waals surface area contributed by atoms with Crippen LogP contribution >= 0.6 is 15.6 Å². The van der Waals surface area contributed by atoms with Crippen molar-refractivity contribution in [2.45, 2.75) is 0 Å². The Kier molecular flexibility index (Phi) is 10.0. The van der Waals surface area contributed by atoms with Gasteiger partial charge < -0.3 is 29.6 Å². The molecule has 8 nitrogen and oxygen atoms in total. The van der Waals surface area contributed by atoms with Crippen LogP contribution in [-0.4, -0.2) is 53.0 Å². The second-order valence-electron chi connectivity index (χ2n) is 1.02. The van der Waals surface area contributed by atoms with Crippen molar-refractivity contribution in [2.75, 3.05) is 0 Å². The van der Waals surface area contributed by atoms with Gasteiger partial charge in [0.25, 0.3) is 0 Å². The number of hydrogen-bond donors (Lipinski definition) is 2. The van der Waals surface area contributed by atoms with E-state index in [0.29, 0.717) is 0 Å². The molecule has 0 aliphatic carbocycles. The minimum atomic E-state index is -5.55. The first-order valence-electron chi connectivity index (χ1n) is 1.50. The van der Waals surface area contributed by atoms with Gasteiger partial charge in [0.1, 0.15) is 0 Å². The maximum Gasteiger partial charge on any atom is 2.00 e. The van der Waals surface area contributed by atoms with Crippen LogP contribution in [0.5, 0.6) is 0 Å². The van der Waals surface area contributed by atoms with E-state index in [1.165, 1.54) is 0 Å². The molecular formula is H4CaO8P2. The summed E-state index contributed by atoms with van der Waals surface area (Å²) in [6, 6.07) is 0. The molecule has 0 saturated heterocycles. The van der Waals surface area contributed by atoms with Crippen molar-refractivity contribution >= 4 is 53.4 Å². The van der Waals surface area contributed by atoms with Gasteiger partial charge in [-0.3, -0.25) is 4.31 Å². The summed E-state index contributed by atoms with van der Waals surface area (Å²) in [6.07, 6.45) is 0. The molecule has 0 saturated carbocycles. The molecule has 0 aliphatic rings. The minimum Gasteiger partial charge on any atom is -0.789 e. The molecule has 0 rings (SSSR count). The van der Waals surface area contributed by atoms with Crippen LogP contribution in [-0.2, 0) is 13.4 Å². The fourth-order valence-electron chi connectivity index (χ4n) is 0.130. The van der Waals surface area contributed by atoms with E-state index in [0.717, 1.165) is 0 Å². The molecular weight excluding hydrogens is 230 g/mol. The molecule has 64 valence electrons. The quantitative estimate of drug-likeness (QED) is 0.373. The van der Waals surface area contributed by atoms with Crippen LogP contribution in [0, 0.1) is 0 Å². The van der Waals surface area contributed by atoms with Gasteiger partial charge in [-0.25, -0.2) is 4.57 Å². The van der Waals surface area contributed by atoms with Crippen molar-refractivity contribution < 1.29 is 38.5 Å². The van der Waals surface area contributed by atoms with E-state index in [2.05, 4.69) is 4.31 Å². The summed E-state index contributed by atoms with van der Waals surface area (Å²) in [4.78, 5) is 34.1. The van der Waals surface area contributed by atoms with Crippen LogP contribution in [0.3, 0.4) is 0 Å². The molecule has 0 aromatic rings. The first-order chi connectivity index (χ1) is 3.71. The van der Waals surface area contributed by atoms with Crippen molar-refractivity contribution in [1.82, 2.24) is 0 Å². The molecule has 0 heterocycles. The summed E-state index contributed by atoms with van der Waals surface area (Å²) < 4.78 is 21.7. The third-order valence-corrected chi connectivity index (χ3v) is 1.86. The standard InChI is InChI=1S/Ca.H4O7P2.H2O/c;1-8(2,3)7-9(4,5)6;/h;(H2,1,2,3)(H2,4,5,6);1H2/q+2;;/p-2. The van der Waals surface area contributed by atoms with Gasteiger partial charge >= 0.3 is 45.6 Å². The molecule has 0 aromatic heterocycles. The van der Waals surface area contributed by atoms with Gasteiger partial charge in [0.2, 0.25) is 0 Å². The van der Waals surface area contributed by atoms with Crippen LogP contribution in [0.2, 0.25) is 0 Å². The third-order valence-electron chi connectivity index (χ3n) is 0.206. The molecule has 0 radical (unpaired) electrons. The van der Waals surface area contributed by atoms with Crippen molar-refractivity contribution in [3.05, 3.63) is 0 Å². The molecule has 0 amide bonds. The molecule has 0 bridgehead atoms. The summed E-state index contributed by atoms with van der Waals surface area (Å²) in [5.74, 6) is 0. The Bertz CT molecular complexity index is 153. The molecule has 11 heteroatoms. The number of hydrogen-bond acceptors (Lipinski definition) is 5. The van der Waals surface area contributed by atoms with Crippen LogP contribution in [0.1, 0.15) is 0 Å². The van der Waals surface area contributed by atoms with Crippen molar-refractivity contribution in [3.8, 4) is 0 Å². The zero-order valence-electron chi connectivity index (χ0n) is 5.04. The van der Waals surface area contributed by atoms with Crippen LogP contribution < -0.4 is 9.79 Å². The van der Waals surface area contributed by atoms with Gasteiger partial charge in [0.05, 0.1) is 7.82 Å². The average Bonchev–Trinajstić information content (AvgIpc) is 1.14. The molecule has 0 fully saturated rings. The summed E-state index contributed by atoms with van der Waals surface area (Å²) in [5, 5.41) is 0. The average molecular weight is 234 g/mol. The fourth-order valence-corrected chi connectivity index (χ4v) is 1.17. The summed E-state index contributed by atoms with van der Waals surface area (Å²) in [6.45, 7) is 0. The maximum atomic E-state index is 9.55. The zero-order chi connectivity index (χ0) is 7.71. The second-order valence-corrected chi connectivity index (χ2v) is 3.55. The molecule has 0 spiro atoms. The summed E-state index contributed by atoms with van der Waals surface area (Å²) in [7, 11) is -10.7. The maximum absolute atomic E-state index is 9.55. The van der Waals surface area contributed by atoms with Crippen molar-refractivity contribution in [1.29, 1.82) is 0 Å². The van der Waals surface area contributed by atoms with E-state index in [9.17, 15) is 18.9 Å². The van der Waals surface area contributed by atoms with Gasteiger partial charge in [-0.2, -0.15) is 0 Å². The number of rotatable bonds is 2. The Morgan fingerprint density at radius 2 is 1.45 bits per heavy atom. The van der Waals surface area contributed by atoms with E-state index in [1.807, 2.05) is 0 Å². The molecule has 0 aliphatic heterocycles. The van der Waals surface area contributed by atoms with Crippen LogP contribution in [0.15, 0.2) is 0 Å². The normalized spacial score (nSPS) is 11.3. The van der Waals surface area contributed by atoms with E-state index in [1.54, 1.807) is 0 Å². The molecule has 0 aromatic carbocycles. The van der Waals surface area contributed by atoms with Crippen molar-refractivity contribution in [3.63, 3.8) is 0 Å². The monoisotopic (exact) mass is 234 g/mol. The first kappa shape index (κ1) is 18.3. The topological polar surface area (TPSA) is 161 Å². The van der Waals surface area contributed by atoms with Gasteiger partial charge in [-0.15, -0.1) is 0 Å². The second kappa shape index (κ2) is 6.01. The molecule has 0 unspecified atom stereocenters. The summed E-state index contributed by atoms with van der Waals surface area (Å²) >= 11 is 0. The first-order valence-corrected chi connectivity index (χ1v) is 4.49. The third kappa shape index (κ3) is 18.4. The van der Waals surface area contributed by atoms with E-state index in [4.69, 9.17) is 9.79 Å². The Morgan fingerprint density at radius 1 is 1.18 bits per heavy atom. The summed E-state index contributed by atoms with van der Waals surface area (Å²) in [5.41, 5.74) is 0. The van der Waals surface area contributed by atoms with Crippen molar-refractivity contribution in [2.24, 2.45) is 0 Å². The molecule has 11 heavy (non-hydrogen) atoms. The minimum absolute atomic E-state index is 0. The molecule has 0 atom stereocenters. The Morgan fingerprint density at radius 3 is 1.45 bits per heavy atom. The van der Waals surface area contributed by atoms with E-state index >= 15 is 0 Å². The zero-order valence-corrected chi connectivity index (χ0v) is 9.03. The van der Waals surface area contributed by atoms with Crippen LogP contribution in [0.25, 0.3) is 0 Å². The Balaban J connectivity index is -0.000000320. The van der Waals surface area contributed by atoms with E-state index in [-0.39, 0.29) is 43.2 Å². The predicted molar refractivity (Wildman–Crippen MR) is 30.1 cm³/mol. The molecule has 4 N–H and O–H groups in total. The Labute approximate surface area is 91.4 Å². The van der Waals surface area contributed by atoms with E-state index < -0.39 is 15.6 Å². The smallest absolute Gasteiger partial charge is 0.789 e.